The Balaban J connectivity index is 0. The van der Waals surface area contributed by atoms with Crippen molar-refractivity contribution in [3.05, 3.63) is 0 Å². The van der Waals surface area contributed by atoms with Crippen LogP contribution in [-0.2, 0) is 9.44 Å². The average molecular weight is 309 g/mol. The Bertz CT molecular complexity index is 265. The van der Waals surface area contributed by atoms with E-state index in [1.54, 1.807) is 0 Å². The van der Waals surface area contributed by atoms with Gasteiger partial charge in [-0.15, -0.1) is 0 Å². The molecule has 0 aromatic carbocycles. The second kappa shape index (κ2) is 6.69. The van der Waals surface area contributed by atoms with Crippen molar-refractivity contribution in [1.29, 1.82) is 0 Å². The molecule has 0 fully saturated rings. The summed E-state index contributed by atoms with van der Waals surface area (Å²) in [4.78, 5) is 9.60. The topological polar surface area (TPSA) is 106 Å². The summed E-state index contributed by atoms with van der Waals surface area (Å²) < 4.78 is 34.5. The van der Waals surface area contributed by atoms with Crippen molar-refractivity contribution in [2.75, 3.05) is 0 Å². The van der Waals surface area contributed by atoms with Crippen LogP contribution in [0.4, 0.5) is 0 Å². The summed E-state index contributed by atoms with van der Waals surface area (Å²) in [6.07, 6.45) is 1.02. The van der Waals surface area contributed by atoms with Crippen molar-refractivity contribution in [1.82, 2.24) is 0 Å². The van der Waals surface area contributed by atoms with Gasteiger partial charge in [0.05, 0.1) is 0 Å². The normalized spacial score (nSPS) is 9.55. The van der Waals surface area contributed by atoms with Crippen molar-refractivity contribution in [3.8, 4) is 0 Å². The fraction of sp³-hybridized carbons (Fsp3) is 0.750. The van der Waals surface area contributed by atoms with Crippen LogP contribution < -0.4 is 0 Å². The molecule has 0 radical (unpaired) electrons. The third-order valence-corrected chi connectivity index (χ3v) is 0.464. The van der Waals surface area contributed by atoms with Gasteiger partial charge in [0.2, 0.25) is 0 Å². The summed E-state index contributed by atoms with van der Waals surface area (Å²) in [6, 6.07) is 0. The Morgan fingerprint density at radius 1 is 1.27 bits per heavy atom. The fourth-order valence-corrected chi connectivity index (χ4v) is 0.214. The first kappa shape index (κ1) is 13.6. The van der Waals surface area contributed by atoms with Gasteiger partial charge < -0.3 is 5.11 Å². The average Bonchev–Trinajstić information content (AvgIpc) is 1.58. The first-order valence-electron chi connectivity index (χ1n) is 2.57. The fourth-order valence-electron chi connectivity index (χ4n) is 0.214. The molecule has 0 bridgehead atoms. The summed E-state index contributed by atoms with van der Waals surface area (Å²) in [5, 5.41) is 7.91. The van der Waals surface area contributed by atoms with Gasteiger partial charge in [-0.05, 0) is 6.42 Å². The van der Waals surface area contributed by atoms with E-state index in [-0.39, 0.29) is 0 Å². The molecule has 0 aliphatic carbocycles. The van der Waals surface area contributed by atoms with Gasteiger partial charge in [-0.25, -0.2) is 0 Å². The van der Waals surface area contributed by atoms with Gasteiger partial charge in [0, 0.05) is 6.42 Å². The number of carbonyl (C=O) groups is 1. The number of hydrogen-bond donors (Lipinski definition) is 1. The van der Waals surface area contributed by atoms with E-state index in [1.807, 2.05) is 6.92 Å². The zero-order valence-corrected chi connectivity index (χ0v) is 8.02. The van der Waals surface area contributed by atoms with E-state index in [4.69, 9.17) is 9.76 Å². The van der Waals surface area contributed by atoms with Gasteiger partial charge in [-0.3, -0.25) is 4.79 Å². The predicted octanol–water partition coefficient (Wildman–Crippen LogP) is 0.396. The molecule has 1 N–H and O–H groups in total. The van der Waals surface area contributed by atoms with Gasteiger partial charge in [0.25, 0.3) is 0 Å². The Labute approximate surface area is 72.0 Å². The number of carboxylic acids is 1. The molecule has 11 heavy (non-hydrogen) atoms. The third-order valence-electron chi connectivity index (χ3n) is 0.464. The van der Waals surface area contributed by atoms with Gasteiger partial charge in [0.15, 0.2) is 0 Å². The van der Waals surface area contributed by atoms with Crippen LogP contribution in [0.5, 0.6) is 0 Å². The van der Waals surface area contributed by atoms with E-state index in [9.17, 15) is 4.79 Å². The molecular weight excluding hydrogens is 301 g/mol. The molecule has 0 heterocycles. The van der Waals surface area contributed by atoms with Gasteiger partial charge in [-0.1, -0.05) is 6.92 Å². The number of aliphatic carboxylic acids is 1. The van der Waals surface area contributed by atoms with E-state index in [2.05, 4.69) is 0 Å². The van der Waals surface area contributed by atoms with Crippen molar-refractivity contribution in [2.45, 2.75) is 19.8 Å². The SMILES string of the molecule is CCCC(=O)O.[O]=[Gd](=[O])(=[O])=[O]. The minimum absolute atomic E-state index is 0.292. The zero-order valence-electron chi connectivity index (χ0n) is 5.76. The van der Waals surface area contributed by atoms with Gasteiger partial charge in [-0.2, -0.15) is 0 Å². The van der Waals surface area contributed by atoms with Crippen molar-refractivity contribution < 1.29 is 46.8 Å². The molecule has 0 rings (SSSR count). The summed E-state index contributed by atoms with van der Waals surface area (Å²) in [6.45, 7) is 1.84. The van der Waals surface area contributed by atoms with Crippen LogP contribution in [0.15, 0.2) is 0 Å². The number of carboxylic acid groups (broad SMARTS) is 1. The van der Waals surface area contributed by atoms with Gasteiger partial charge >= 0.3 is 42.9 Å². The molecule has 0 aliphatic rings. The van der Waals surface area contributed by atoms with Gasteiger partial charge in [0.1, 0.15) is 0 Å². The maximum absolute atomic E-state index is 9.60. The summed E-state index contributed by atoms with van der Waals surface area (Å²) >= 11 is -6.06. The van der Waals surface area contributed by atoms with Crippen molar-refractivity contribution >= 4 is 5.97 Å². The van der Waals surface area contributed by atoms with E-state index >= 15 is 0 Å². The molecule has 68 valence electrons. The van der Waals surface area contributed by atoms with Crippen LogP contribution in [0.1, 0.15) is 19.8 Å². The van der Waals surface area contributed by atoms with E-state index in [0.29, 0.717) is 6.42 Å². The first-order valence-corrected chi connectivity index (χ1v) is 6.27. The summed E-state index contributed by atoms with van der Waals surface area (Å²) in [5.41, 5.74) is 0. The van der Waals surface area contributed by atoms with Crippen LogP contribution >= 0.6 is 0 Å². The molecule has 0 saturated heterocycles. The van der Waals surface area contributed by atoms with E-state index in [0.717, 1.165) is 6.42 Å². The standard InChI is InChI=1S/C4H8O2.Gd.4O/c1-2-3-4(5)6;;;;;/h2-3H2,1H3,(H,5,6);;;;;. The molecule has 7 heteroatoms. The molecule has 0 unspecified atom stereocenters. The second-order valence-electron chi connectivity index (χ2n) is 1.50. The third kappa shape index (κ3) is 71.2. The Morgan fingerprint density at radius 3 is 1.55 bits per heavy atom. The van der Waals surface area contributed by atoms with E-state index < -0.39 is 38.2 Å². The molecule has 6 nitrogen and oxygen atoms in total. The Morgan fingerprint density at radius 2 is 1.55 bits per heavy atom. The van der Waals surface area contributed by atoms with Crippen LogP contribution in [0.25, 0.3) is 0 Å². The molecule has 0 amide bonds. The van der Waals surface area contributed by atoms with Crippen LogP contribution in [-0.4, -0.2) is 11.1 Å². The molecule has 0 aromatic heterocycles. The first-order chi connectivity index (χ1) is 4.77. The minimum atomic E-state index is -6.06. The monoisotopic (exact) mass is 310 g/mol. The Kier molecular flexibility index (Phi) is 8.26. The van der Waals surface area contributed by atoms with Crippen LogP contribution in [0, 0.1) is 32.3 Å². The summed E-state index contributed by atoms with van der Waals surface area (Å²) in [7, 11) is 0. The molecule has 0 aliphatic heterocycles. The molecule has 0 aromatic rings. The molecule has 0 atom stereocenters. The molecule has 0 saturated carbocycles. The Hall–Kier alpha value is -0.00532. The molecular formula is C4H8GdO6. The quantitative estimate of drug-likeness (QED) is 0.791. The van der Waals surface area contributed by atoms with E-state index in [1.165, 1.54) is 0 Å². The zero-order chi connectivity index (χ0) is 9.49. The summed E-state index contributed by atoms with van der Waals surface area (Å²) in [5.74, 6) is -0.711. The van der Waals surface area contributed by atoms with Crippen molar-refractivity contribution in [2.24, 2.45) is 0 Å². The van der Waals surface area contributed by atoms with Crippen molar-refractivity contribution in [3.63, 3.8) is 0 Å². The second-order valence-corrected chi connectivity index (χ2v) is 3.77. The predicted molar refractivity (Wildman–Crippen MR) is 25.3 cm³/mol. The number of hydrogen-bond acceptors (Lipinski definition) is 5. The van der Waals surface area contributed by atoms with Crippen LogP contribution in [0.3, 0.4) is 0 Å². The number of rotatable bonds is 2. The molecule has 0 spiro atoms. The van der Waals surface area contributed by atoms with Crippen LogP contribution in [0.2, 0.25) is 0 Å². The maximum atomic E-state index is 9.60.